The van der Waals surface area contributed by atoms with E-state index in [0.717, 1.165) is 17.7 Å². The van der Waals surface area contributed by atoms with Gasteiger partial charge in [0.1, 0.15) is 0 Å². The van der Waals surface area contributed by atoms with Crippen molar-refractivity contribution in [1.82, 2.24) is 9.55 Å². The van der Waals surface area contributed by atoms with Crippen LogP contribution in [0.25, 0.3) is 0 Å². The molecule has 2 heterocycles. The Hall–Kier alpha value is -0.870. The highest BCUT2D eigenvalue weighted by Gasteiger charge is 2.18. The molecule has 0 aromatic carbocycles. The van der Waals surface area contributed by atoms with Gasteiger partial charge in [-0.2, -0.15) is 11.3 Å². The van der Waals surface area contributed by atoms with Gasteiger partial charge in [-0.25, -0.2) is 0 Å². The number of hydrogen-bond donors (Lipinski definition) is 1. The summed E-state index contributed by atoms with van der Waals surface area (Å²) in [5.41, 5.74) is 2.79. The number of aromatic nitrogens is 2. The molecule has 0 saturated carbocycles. The monoisotopic (exact) mass is 266 g/mol. The summed E-state index contributed by atoms with van der Waals surface area (Å²) in [5.74, 6) is 0. The molecule has 2 rings (SSSR count). The number of hydrogen-bond acceptors (Lipinski definition) is 2. The Morgan fingerprint density at radius 1 is 1.41 bits per heavy atom. The van der Waals surface area contributed by atoms with Crippen molar-refractivity contribution in [3.05, 3.63) is 39.1 Å². The summed E-state index contributed by atoms with van der Waals surface area (Å²) >= 11 is 7.09. The lowest BCUT2D eigenvalue weighted by molar-refractivity contribution is 0.514. The van der Waals surface area contributed by atoms with Crippen molar-refractivity contribution >= 4 is 23.6 Å². The molecule has 92 valence electrons. The van der Waals surface area contributed by atoms with Crippen LogP contribution in [-0.2, 0) is 18.4 Å². The molecule has 0 radical (unpaired) electrons. The molecule has 0 atom stereocenters. The summed E-state index contributed by atoms with van der Waals surface area (Å²) in [5, 5.41) is 4.32. The second-order valence-electron chi connectivity index (χ2n) is 5.26. The standard InChI is InChI=1S/C13H18N2S2/c1-13(2,3)11-8-14-12(16)15(11)6-4-10-5-7-17-9-10/h5,7-9H,4,6H2,1-3H3,(H,14,16). The van der Waals surface area contributed by atoms with E-state index in [1.807, 2.05) is 6.20 Å². The topological polar surface area (TPSA) is 20.7 Å². The van der Waals surface area contributed by atoms with Gasteiger partial charge in [0.2, 0.25) is 0 Å². The third-order valence-corrected chi connectivity index (χ3v) is 3.91. The van der Waals surface area contributed by atoms with Crippen molar-refractivity contribution in [2.45, 2.75) is 39.2 Å². The summed E-state index contributed by atoms with van der Waals surface area (Å²) in [6.45, 7) is 7.59. The molecular formula is C13H18N2S2. The van der Waals surface area contributed by atoms with Crippen LogP contribution >= 0.6 is 23.6 Å². The molecule has 17 heavy (non-hydrogen) atoms. The Kier molecular flexibility index (Phi) is 3.54. The highest BCUT2D eigenvalue weighted by molar-refractivity contribution is 7.71. The molecule has 4 heteroatoms. The van der Waals surface area contributed by atoms with E-state index in [9.17, 15) is 0 Å². The fraction of sp³-hybridized carbons (Fsp3) is 0.462. The maximum absolute atomic E-state index is 5.35. The highest BCUT2D eigenvalue weighted by Crippen LogP contribution is 2.22. The number of H-pyrrole nitrogens is 1. The second-order valence-corrected chi connectivity index (χ2v) is 6.43. The number of imidazole rings is 1. The van der Waals surface area contributed by atoms with Gasteiger partial charge in [0.25, 0.3) is 0 Å². The zero-order valence-electron chi connectivity index (χ0n) is 10.5. The number of nitrogens with zero attached hydrogens (tertiary/aromatic N) is 1. The molecule has 0 aliphatic carbocycles. The van der Waals surface area contributed by atoms with Crippen LogP contribution in [0.15, 0.2) is 23.0 Å². The average Bonchev–Trinajstić information content (AvgIpc) is 2.83. The van der Waals surface area contributed by atoms with Crippen molar-refractivity contribution in [3.8, 4) is 0 Å². The number of aryl methyl sites for hydroxylation is 1. The zero-order chi connectivity index (χ0) is 12.5. The molecule has 0 unspecified atom stereocenters. The summed E-state index contributed by atoms with van der Waals surface area (Å²) in [6, 6.07) is 2.18. The van der Waals surface area contributed by atoms with Crippen molar-refractivity contribution in [1.29, 1.82) is 0 Å². The molecule has 1 N–H and O–H groups in total. The van der Waals surface area contributed by atoms with Crippen LogP contribution in [0.3, 0.4) is 0 Å². The number of nitrogens with one attached hydrogen (secondary N) is 1. The van der Waals surface area contributed by atoms with Crippen LogP contribution in [-0.4, -0.2) is 9.55 Å². The number of rotatable bonds is 3. The van der Waals surface area contributed by atoms with Crippen molar-refractivity contribution in [2.24, 2.45) is 0 Å². The lowest BCUT2D eigenvalue weighted by Crippen LogP contribution is -2.18. The van der Waals surface area contributed by atoms with Crippen LogP contribution in [0.1, 0.15) is 32.0 Å². The molecule has 0 spiro atoms. The van der Waals surface area contributed by atoms with Gasteiger partial charge < -0.3 is 9.55 Å². The third-order valence-electron chi connectivity index (χ3n) is 2.84. The maximum Gasteiger partial charge on any atom is 0.177 e. The quantitative estimate of drug-likeness (QED) is 0.828. The second kappa shape index (κ2) is 4.78. The SMILES string of the molecule is CC(C)(C)c1c[nH]c(=S)n1CCc1ccsc1. The first-order valence-corrected chi connectivity index (χ1v) is 7.13. The predicted octanol–water partition coefficient (Wildman–Crippen LogP) is 4.15. The summed E-state index contributed by atoms with van der Waals surface area (Å²) < 4.78 is 3.04. The van der Waals surface area contributed by atoms with E-state index < -0.39 is 0 Å². The van der Waals surface area contributed by atoms with E-state index >= 15 is 0 Å². The molecule has 0 amide bonds. The van der Waals surface area contributed by atoms with Gasteiger partial charge in [-0.05, 0) is 41.0 Å². The molecule has 2 nitrogen and oxygen atoms in total. The van der Waals surface area contributed by atoms with Gasteiger partial charge in [0.15, 0.2) is 4.77 Å². The van der Waals surface area contributed by atoms with Gasteiger partial charge in [-0.15, -0.1) is 0 Å². The molecule has 0 aliphatic heterocycles. The molecule has 0 fully saturated rings. The Morgan fingerprint density at radius 3 is 2.76 bits per heavy atom. The molecule has 2 aromatic heterocycles. The van der Waals surface area contributed by atoms with E-state index in [0.29, 0.717) is 0 Å². The van der Waals surface area contributed by atoms with E-state index in [4.69, 9.17) is 12.2 Å². The van der Waals surface area contributed by atoms with Gasteiger partial charge >= 0.3 is 0 Å². The van der Waals surface area contributed by atoms with Gasteiger partial charge in [-0.1, -0.05) is 20.8 Å². The molecule has 0 saturated heterocycles. The fourth-order valence-corrected chi connectivity index (χ4v) is 2.87. The lowest BCUT2D eigenvalue weighted by Gasteiger charge is -2.20. The van der Waals surface area contributed by atoms with Gasteiger partial charge in [0, 0.05) is 23.9 Å². The minimum atomic E-state index is 0.127. The first-order valence-electron chi connectivity index (χ1n) is 5.78. The zero-order valence-corrected chi connectivity index (χ0v) is 12.1. The van der Waals surface area contributed by atoms with Crippen molar-refractivity contribution < 1.29 is 0 Å². The first-order chi connectivity index (χ1) is 7.98. The third kappa shape index (κ3) is 2.87. The van der Waals surface area contributed by atoms with Crippen LogP contribution in [0.5, 0.6) is 0 Å². The minimum Gasteiger partial charge on any atom is -0.337 e. The molecule has 0 bridgehead atoms. The smallest absolute Gasteiger partial charge is 0.177 e. The lowest BCUT2D eigenvalue weighted by atomic mass is 9.92. The first kappa shape index (κ1) is 12.6. The molecular weight excluding hydrogens is 248 g/mol. The average molecular weight is 266 g/mol. The summed E-state index contributed by atoms with van der Waals surface area (Å²) in [4.78, 5) is 3.15. The fourth-order valence-electron chi connectivity index (χ4n) is 1.91. The number of thiophene rings is 1. The van der Waals surface area contributed by atoms with E-state index in [2.05, 4.69) is 47.1 Å². The Labute approximate surface area is 111 Å². The summed E-state index contributed by atoms with van der Waals surface area (Å²) in [7, 11) is 0. The highest BCUT2D eigenvalue weighted by atomic mass is 32.1. The van der Waals surface area contributed by atoms with Gasteiger partial charge in [0.05, 0.1) is 0 Å². The molecule has 2 aromatic rings. The Bertz CT molecular complexity index is 527. The van der Waals surface area contributed by atoms with E-state index in [1.54, 1.807) is 11.3 Å². The predicted molar refractivity (Wildman–Crippen MR) is 76.3 cm³/mol. The van der Waals surface area contributed by atoms with Crippen LogP contribution in [0.2, 0.25) is 0 Å². The maximum atomic E-state index is 5.35. The Balaban J connectivity index is 2.21. The normalized spacial score (nSPS) is 11.9. The Morgan fingerprint density at radius 2 is 2.18 bits per heavy atom. The van der Waals surface area contributed by atoms with Crippen molar-refractivity contribution in [2.75, 3.05) is 0 Å². The van der Waals surface area contributed by atoms with E-state index in [1.165, 1.54) is 11.3 Å². The van der Waals surface area contributed by atoms with Crippen molar-refractivity contribution in [3.63, 3.8) is 0 Å². The van der Waals surface area contributed by atoms with Crippen LogP contribution in [0, 0.1) is 4.77 Å². The summed E-state index contributed by atoms with van der Waals surface area (Å²) in [6.07, 6.45) is 3.08. The van der Waals surface area contributed by atoms with Crippen LogP contribution in [0.4, 0.5) is 0 Å². The number of aromatic amines is 1. The van der Waals surface area contributed by atoms with Gasteiger partial charge in [-0.3, -0.25) is 0 Å². The van der Waals surface area contributed by atoms with Crippen LogP contribution < -0.4 is 0 Å². The largest absolute Gasteiger partial charge is 0.337 e. The minimum absolute atomic E-state index is 0.127. The molecule has 0 aliphatic rings. The van der Waals surface area contributed by atoms with E-state index in [-0.39, 0.29) is 5.41 Å².